The second kappa shape index (κ2) is 5.96. The second-order valence-corrected chi connectivity index (χ2v) is 8.24. The van der Waals surface area contributed by atoms with E-state index in [0.717, 1.165) is 0 Å². The predicted molar refractivity (Wildman–Crippen MR) is 90.6 cm³/mol. The Bertz CT molecular complexity index is 1020. The third-order valence-corrected chi connectivity index (χ3v) is 6.24. The number of carbonyl (C=O) groups is 1. The van der Waals surface area contributed by atoms with Crippen molar-refractivity contribution in [1.29, 1.82) is 0 Å². The number of para-hydroxylation sites is 2. The lowest BCUT2D eigenvalue weighted by atomic mass is 10.2. The van der Waals surface area contributed by atoms with Crippen LogP contribution in [0.2, 0.25) is 0 Å². The number of nitrogens with zero attached hydrogens (tertiary/aromatic N) is 3. The molecule has 4 rings (SSSR count). The highest BCUT2D eigenvalue weighted by molar-refractivity contribution is 7.91. The predicted octanol–water partition coefficient (Wildman–Crippen LogP) is 1.66. The first-order chi connectivity index (χ1) is 12.0. The molecule has 8 heteroatoms. The van der Waals surface area contributed by atoms with Crippen LogP contribution in [0.1, 0.15) is 16.2 Å². The molecule has 128 valence electrons. The highest BCUT2D eigenvalue weighted by atomic mass is 32.2. The van der Waals surface area contributed by atoms with E-state index in [1.54, 1.807) is 18.2 Å². The molecular weight excluding hydrogens is 342 g/mol. The molecule has 1 aliphatic heterocycles. The molecule has 3 aromatic rings. The van der Waals surface area contributed by atoms with Crippen LogP contribution in [-0.2, 0) is 15.6 Å². The fourth-order valence-corrected chi connectivity index (χ4v) is 4.37. The SMILES string of the molecule is O=C(c1cnc2ccccc2n1)N1CC(S(=O)(=O)Cc2ccco2)C1. The van der Waals surface area contributed by atoms with E-state index in [4.69, 9.17) is 4.42 Å². The van der Waals surface area contributed by atoms with E-state index >= 15 is 0 Å². The van der Waals surface area contributed by atoms with E-state index in [9.17, 15) is 13.2 Å². The lowest BCUT2D eigenvalue weighted by molar-refractivity contribution is 0.0652. The fourth-order valence-electron chi connectivity index (χ4n) is 2.76. The van der Waals surface area contributed by atoms with Gasteiger partial charge < -0.3 is 9.32 Å². The molecule has 0 bridgehead atoms. The third kappa shape index (κ3) is 3.00. The van der Waals surface area contributed by atoms with E-state index in [0.29, 0.717) is 16.8 Å². The van der Waals surface area contributed by atoms with Gasteiger partial charge in [-0.2, -0.15) is 0 Å². The topological polar surface area (TPSA) is 93.4 Å². The van der Waals surface area contributed by atoms with Crippen LogP contribution in [0.25, 0.3) is 11.0 Å². The summed E-state index contributed by atoms with van der Waals surface area (Å²) in [5, 5.41) is -0.574. The lowest BCUT2D eigenvalue weighted by Crippen LogP contribution is -2.57. The zero-order valence-corrected chi connectivity index (χ0v) is 14.0. The zero-order valence-electron chi connectivity index (χ0n) is 13.2. The number of furan rings is 1. The minimum absolute atomic E-state index is 0.150. The summed E-state index contributed by atoms with van der Waals surface area (Å²) in [6.07, 6.45) is 2.87. The summed E-state index contributed by atoms with van der Waals surface area (Å²) in [7, 11) is -3.35. The molecule has 0 saturated carbocycles. The quantitative estimate of drug-likeness (QED) is 0.705. The van der Waals surface area contributed by atoms with Gasteiger partial charge in [0.25, 0.3) is 5.91 Å². The van der Waals surface area contributed by atoms with Crippen molar-refractivity contribution in [2.24, 2.45) is 0 Å². The summed E-state index contributed by atoms with van der Waals surface area (Å²) >= 11 is 0. The summed E-state index contributed by atoms with van der Waals surface area (Å²) in [4.78, 5) is 22.5. The molecule has 0 radical (unpaired) electrons. The van der Waals surface area contributed by atoms with Gasteiger partial charge in [-0.3, -0.25) is 9.78 Å². The first-order valence-corrected chi connectivity index (χ1v) is 9.49. The van der Waals surface area contributed by atoms with Crippen molar-refractivity contribution in [3.05, 3.63) is 60.3 Å². The van der Waals surface area contributed by atoms with Gasteiger partial charge in [-0.05, 0) is 24.3 Å². The van der Waals surface area contributed by atoms with Crippen LogP contribution in [-0.4, -0.2) is 47.5 Å². The Balaban J connectivity index is 1.45. The van der Waals surface area contributed by atoms with Crippen molar-refractivity contribution in [1.82, 2.24) is 14.9 Å². The fraction of sp³-hybridized carbons (Fsp3) is 0.235. The van der Waals surface area contributed by atoms with Crippen molar-refractivity contribution in [3.8, 4) is 0 Å². The molecule has 0 N–H and O–H groups in total. The number of fused-ring (bicyclic) bond motifs is 1. The van der Waals surface area contributed by atoms with Gasteiger partial charge in [0.1, 0.15) is 17.2 Å². The highest BCUT2D eigenvalue weighted by Crippen LogP contribution is 2.22. The average molecular weight is 357 g/mol. The summed E-state index contributed by atoms with van der Waals surface area (Å²) in [6.45, 7) is 0.326. The molecule has 1 fully saturated rings. The van der Waals surface area contributed by atoms with Gasteiger partial charge in [-0.15, -0.1) is 0 Å². The van der Waals surface area contributed by atoms with E-state index in [2.05, 4.69) is 9.97 Å². The van der Waals surface area contributed by atoms with E-state index in [-0.39, 0.29) is 30.4 Å². The van der Waals surface area contributed by atoms with E-state index in [1.165, 1.54) is 17.4 Å². The van der Waals surface area contributed by atoms with Crippen LogP contribution >= 0.6 is 0 Å². The minimum atomic E-state index is -3.35. The molecule has 0 aliphatic carbocycles. The van der Waals surface area contributed by atoms with Crippen LogP contribution in [0.3, 0.4) is 0 Å². The molecule has 0 atom stereocenters. The Morgan fingerprint density at radius 2 is 1.92 bits per heavy atom. The molecule has 0 unspecified atom stereocenters. The Morgan fingerprint density at radius 1 is 1.16 bits per heavy atom. The number of hydrogen-bond donors (Lipinski definition) is 0. The maximum absolute atomic E-state index is 12.5. The molecule has 0 spiro atoms. The van der Waals surface area contributed by atoms with Gasteiger partial charge in [0, 0.05) is 13.1 Å². The van der Waals surface area contributed by atoms with Crippen molar-refractivity contribution in [3.63, 3.8) is 0 Å². The van der Waals surface area contributed by atoms with Gasteiger partial charge >= 0.3 is 0 Å². The number of benzene rings is 1. The number of hydrogen-bond acceptors (Lipinski definition) is 6. The van der Waals surface area contributed by atoms with E-state index in [1.807, 2.05) is 18.2 Å². The number of sulfone groups is 1. The number of rotatable bonds is 4. The standard InChI is InChI=1S/C17H15N3O4S/c21-17(16-8-18-14-5-1-2-6-15(14)19-16)20-9-13(10-20)25(22,23)11-12-4-3-7-24-12/h1-8,13H,9-11H2. The summed E-state index contributed by atoms with van der Waals surface area (Å²) in [6, 6.07) is 10.6. The smallest absolute Gasteiger partial charge is 0.274 e. The van der Waals surface area contributed by atoms with Crippen molar-refractivity contribution < 1.29 is 17.6 Å². The highest BCUT2D eigenvalue weighted by Gasteiger charge is 2.40. The van der Waals surface area contributed by atoms with Crippen LogP contribution in [0.5, 0.6) is 0 Å². The molecule has 1 saturated heterocycles. The summed E-state index contributed by atoms with van der Waals surface area (Å²) < 4.78 is 29.8. The number of amides is 1. The van der Waals surface area contributed by atoms with Gasteiger partial charge in [0.05, 0.1) is 28.7 Å². The third-order valence-electron chi connectivity index (χ3n) is 4.23. The van der Waals surface area contributed by atoms with Crippen LogP contribution < -0.4 is 0 Å². The normalized spacial score (nSPS) is 15.3. The molecular formula is C17H15N3O4S. The maximum Gasteiger partial charge on any atom is 0.274 e. The monoisotopic (exact) mass is 357 g/mol. The Labute approximate surface area is 144 Å². The van der Waals surface area contributed by atoms with Crippen molar-refractivity contribution in [2.45, 2.75) is 11.0 Å². The summed E-state index contributed by atoms with van der Waals surface area (Å²) in [5.41, 5.74) is 1.57. The van der Waals surface area contributed by atoms with Gasteiger partial charge in [-0.25, -0.2) is 13.4 Å². The molecule has 25 heavy (non-hydrogen) atoms. The molecule has 2 aromatic heterocycles. The molecule has 1 aromatic carbocycles. The average Bonchev–Trinajstić information content (AvgIpc) is 3.04. The van der Waals surface area contributed by atoms with E-state index < -0.39 is 15.1 Å². The summed E-state index contributed by atoms with van der Waals surface area (Å²) in [5.74, 6) is -0.0458. The van der Waals surface area contributed by atoms with Gasteiger partial charge in [0.2, 0.25) is 0 Å². The lowest BCUT2D eigenvalue weighted by Gasteiger charge is -2.38. The molecule has 7 nitrogen and oxygen atoms in total. The van der Waals surface area contributed by atoms with Crippen LogP contribution in [0, 0.1) is 0 Å². The number of aromatic nitrogens is 2. The van der Waals surface area contributed by atoms with Crippen LogP contribution in [0.4, 0.5) is 0 Å². The van der Waals surface area contributed by atoms with Crippen molar-refractivity contribution in [2.75, 3.05) is 13.1 Å². The molecule has 1 amide bonds. The Hall–Kier alpha value is -2.74. The first-order valence-electron chi connectivity index (χ1n) is 7.78. The first kappa shape index (κ1) is 15.8. The Kier molecular flexibility index (Phi) is 3.76. The largest absolute Gasteiger partial charge is 0.468 e. The van der Waals surface area contributed by atoms with Crippen molar-refractivity contribution >= 4 is 26.8 Å². The minimum Gasteiger partial charge on any atom is -0.468 e. The second-order valence-electron chi connectivity index (χ2n) is 5.96. The van der Waals surface area contributed by atoms with Gasteiger partial charge in [0.15, 0.2) is 9.84 Å². The Morgan fingerprint density at radius 3 is 2.64 bits per heavy atom. The molecule has 1 aliphatic rings. The zero-order chi connectivity index (χ0) is 17.4. The molecule has 3 heterocycles. The number of likely N-dealkylation sites (tertiary alicyclic amines) is 1. The maximum atomic E-state index is 12.5. The number of carbonyl (C=O) groups excluding carboxylic acids is 1. The van der Waals surface area contributed by atoms with Crippen LogP contribution in [0.15, 0.2) is 53.3 Å². The van der Waals surface area contributed by atoms with Gasteiger partial charge in [-0.1, -0.05) is 12.1 Å².